The highest BCUT2D eigenvalue weighted by Gasteiger charge is 1.88. The predicted molar refractivity (Wildman–Crippen MR) is 42.3 cm³/mol. The van der Waals surface area contributed by atoms with E-state index in [4.69, 9.17) is 5.73 Å². The lowest BCUT2D eigenvalue weighted by Crippen LogP contribution is -2.13. The number of hydrogen-bond acceptors (Lipinski definition) is 1. The molecule has 54 valence electrons. The van der Waals surface area contributed by atoms with Crippen molar-refractivity contribution < 1.29 is 0 Å². The summed E-state index contributed by atoms with van der Waals surface area (Å²) < 4.78 is 0. The fourth-order valence-corrected chi connectivity index (χ4v) is 0.644. The molecule has 0 fully saturated rings. The van der Waals surface area contributed by atoms with Crippen molar-refractivity contribution in [2.75, 3.05) is 0 Å². The van der Waals surface area contributed by atoms with Crippen LogP contribution in [0.5, 0.6) is 0 Å². The van der Waals surface area contributed by atoms with Gasteiger partial charge in [-0.05, 0) is 26.2 Å². The fourth-order valence-electron chi connectivity index (χ4n) is 0.644. The first-order valence-corrected chi connectivity index (χ1v) is 3.68. The summed E-state index contributed by atoms with van der Waals surface area (Å²) in [6.07, 6.45) is 7.76. The monoisotopic (exact) mass is 127 g/mol. The molecule has 0 aromatic carbocycles. The van der Waals surface area contributed by atoms with Gasteiger partial charge in [-0.15, -0.1) is 0 Å². The normalized spacial score (nSPS) is 14.6. The van der Waals surface area contributed by atoms with E-state index in [0.717, 1.165) is 19.3 Å². The summed E-state index contributed by atoms with van der Waals surface area (Å²) >= 11 is 0. The molecule has 0 aliphatic rings. The molecule has 1 atom stereocenters. The molecule has 0 aliphatic carbocycles. The van der Waals surface area contributed by atoms with E-state index < -0.39 is 0 Å². The molecule has 1 unspecified atom stereocenters. The third-order valence-corrected chi connectivity index (χ3v) is 1.19. The molecule has 0 amide bonds. The number of nitrogens with two attached hydrogens (primary N) is 1. The third kappa shape index (κ3) is 7.70. The molecular formula is C8H17N. The lowest BCUT2D eigenvalue weighted by atomic mass is 10.2. The molecule has 0 saturated carbocycles. The second-order valence-electron chi connectivity index (χ2n) is 2.43. The third-order valence-electron chi connectivity index (χ3n) is 1.19. The summed E-state index contributed by atoms with van der Waals surface area (Å²) in [4.78, 5) is 0. The van der Waals surface area contributed by atoms with Gasteiger partial charge >= 0.3 is 0 Å². The standard InChI is InChI=1S/C8H17N/c1-3-4-5-6-7-8(2)9/h4-5,8H,3,6-7,9H2,1-2H3/b5-4+. The smallest absolute Gasteiger partial charge is 0.00134 e. The molecule has 0 heterocycles. The highest BCUT2D eigenvalue weighted by Crippen LogP contribution is 1.94. The van der Waals surface area contributed by atoms with Gasteiger partial charge in [-0.1, -0.05) is 19.1 Å². The Morgan fingerprint density at radius 2 is 2.11 bits per heavy atom. The molecule has 0 saturated heterocycles. The maximum atomic E-state index is 5.54. The van der Waals surface area contributed by atoms with Crippen LogP contribution >= 0.6 is 0 Å². The van der Waals surface area contributed by atoms with Gasteiger partial charge in [0.05, 0.1) is 0 Å². The van der Waals surface area contributed by atoms with Crippen LogP contribution in [0.3, 0.4) is 0 Å². The van der Waals surface area contributed by atoms with Crippen LogP contribution in [0, 0.1) is 0 Å². The Hall–Kier alpha value is -0.300. The first-order chi connectivity index (χ1) is 4.27. The molecular weight excluding hydrogens is 110 g/mol. The maximum absolute atomic E-state index is 5.54. The minimum Gasteiger partial charge on any atom is -0.328 e. The maximum Gasteiger partial charge on any atom is 0.00134 e. The molecule has 0 aromatic heterocycles. The minimum absolute atomic E-state index is 0.353. The first kappa shape index (κ1) is 8.70. The van der Waals surface area contributed by atoms with Crippen LogP contribution in [0.25, 0.3) is 0 Å². The lowest BCUT2D eigenvalue weighted by molar-refractivity contribution is 0.675. The molecule has 0 radical (unpaired) electrons. The largest absolute Gasteiger partial charge is 0.328 e. The van der Waals surface area contributed by atoms with Crippen LogP contribution in [0.15, 0.2) is 12.2 Å². The summed E-state index contributed by atoms with van der Waals surface area (Å²) in [6, 6.07) is 0.353. The van der Waals surface area contributed by atoms with Gasteiger partial charge in [0.15, 0.2) is 0 Å². The Bertz CT molecular complexity index is 74.6. The average molecular weight is 127 g/mol. The molecule has 0 aliphatic heterocycles. The second kappa shape index (κ2) is 5.83. The molecule has 1 heteroatoms. The Labute approximate surface area is 57.9 Å². The molecule has 9 heavy (non-hydrogen) atoms. The van der Waals surface area contributed by atoms with E-state index in [-0.39, 0.29) is 0 Å². The van der Waals surface area contributed by atoms with Crippen molar-refractivity contribution in [2.24, 2.45) is 5.73 Å². The van der Waals surface area contributed by atoms with Gasteiger partial charge in [-0.25, -0.2) is 0 Å². The Morgan fingerprint density at radius 3 is 2.56 bits per heavy atom. The second-order valence-corrected chi connectivity index (χ2v) is 2.43. The van der Waals surface area contributed by atoms with Gasteiger partial charge in [-0.3, -0.25) is 0 Å². The van der Waals surface area contributed by atoms with Gasteiger partial charge in [0.25, 0.3) is 0 Å². The van der Waals surface area contributed by atoms with Crippen molar-refractivity contribution in [3.05, 3.63) is 12.2 Å². The number of hydrogen-bond donors (Lipinski definition) is 1. The molecule has 0 rings (SSSR count). The van der Waals surface area contributed by atoms with Gasteiger partial charge < -0.3 is 5.73 Å². The SMILES string of the molecule is CC/C=C/CCC(C)N. The zero-order valence-electron chi connectivity index (χ0n) is 6.43. The van der Waals surface area contributed by atoms with Crippen LogP contribution in [0.2, 0.25) is 0 Å². The summed E-state index contributed by atoms with van der Waals surface area (Å²) in [5.41, 5.74) is 5.54. The van der Waals surface area contributed by atoms with E-state index >= 15 is 0 Å². The average Bonchev–Trinajstić information content (AvgIpc) is 1.80. The van der Waals surface area contributed by atoms with E-state index in [2.05, 4.69) is 19.1 Å². The highest BCUT2D eigenvalue weighted by molar-refractivity contribution is 4.80. The van der Waals surface area contributed by atoms with Crippen molar-refractivity contribution >= 4 is 0 Å². The van der Waals surface area contributed by atoms with Gasteiger partial charge in [0, 0.05) is 6.04 Å². The van der Waals surface area contributed by atoms with Crippen molar-refractivity contribution in [1.82, 2.24) is 0 Å². The van der Waals surface area contributed by atoms with Crippen molar-refractivity contribution in [2.45, 2.75) is 39.2 Å². The van der Waals surface area contributed by atoms with Gasteiger partial charge in [0.2, 0.25) is 0 Å². The zero-order chi connectivity index (χ0) is 7.11. The lowest BCUT2D eigenvalue weighted by Gasteiger charge is -1.98. The van der Waals surface area contributed by atoms with E-state index in [9.17, 15) is 0 Å². The Morgan fingerprint density at radius 1 is 1.44 bits per heavy atom. The summed E-state index contributed by atoms with van der Waals surface area (Å²) in [6.45, 7) is 4.18. The molecule has 0 spiro atoms. The zero-order valence-corrected chi connectivity index (χ0v) is 6.43. The summed E-state index contributed by atoms with van der Waals surface area (Å²) in [5.74, 6) is 0. The summed E-state index contributed by atoms with van der Waals surface area (Å²) in [7, 11) is 0. The van der Waals surface area contributed by atoms with Crippen LogP contribution in [0.4, 0.5) is 0 Å². The molecule has 0 bridgehead atoms. The fraction of sp³-hybridized carbons (Fsp3) is 0.750. The molecule has 0 aromatic rings. The van der Waals surface area contributed by atoms with E-state index in [1.165, 1.54) is 0 Å². The van der Waals surface area contributed by atoms with E-state index in [1.54, 1.807) is 0 Å². The van der Waals surface area contributed by atoms with Crippen LogP contribution in [0.1, 0.15) is 33.1 Å². The Balaban J connectivity index is 2.99. The highest BCUT2D eigenvalue weighted by atomic mass is 14.6. The van der Waals surface area contributed by atoms with Crippen molar-refractivity contribution in [3.8, 4) is 0 Å². The number of allylic oxidation sites excluding steroid dienone is 2. The van der Waals surface area contributed by atoms with Crippen LogP contribution in [-0.4, -0.2) is 6.04 Å². The topological polar surface area (TPSA) is 26.0 Å². The first-order valence-electron chi connectivity index (χ1n) is 3.68. The van der Waals surface area contributed by atoms with Crippen molar-refractivity contribution in [1.29, 1.82) is 0 Å². The minimum atomic E-state index is 0.353. The quantitative estimate of drug-likeness (QED) is 0.575. The Kier molecular flexibility index (Phi) is 5.64. The molecule has 1 nitrogen and oxygen atoms in total. The summed E-state index contributed by atoms with van der Waals surface area (Å²) in [5, 5.41) is 0. The van der Waals surface area contributed by atoms with E-state index in [0.29, 0.717) is 6.04 Å². The van der Waals surface area contributed by atoms with Gasteiger partial charge in [0.1, 0.15) is 0 Å². The predicted octanol–water partition coefficient (Wildman–Crippen LogP) is 2.08. The van der Waals surface area contributed by atoms with Crippen LogP contribution < -0.4 is 5.73 Å². The van der Waals surface area contributed by atoms with Crippen LogP contribution in [-0.2, 0) is 0 Å². The van der Waals surface area contributed by atoms with E-state index in [1.807, 2.05) is 6.92 Å². The molecule has 2 N–H and O–H groups in total. The number of rotatable bonds is 4. The van der Waals surface area contributed by atoms with Gasteiger partial charge in [-0.2, -0.15) is 0 Å². The van der Waals surface area contributed by atoms with Crippen molar-refractivity contribution in [3.63, 3.8) is 0 Å².